The maximum Gasteiger partial charge on any atom is 0.389 e. The minimum Gasteiger partial charge on any atom is -0.382 e. The molecule has 0 spiro atoms. The van der Waals surface area contributed by atoms with Crippen LogP contribution in [0.1, 0.15) is 31.7 Å². The quantitative estimate of drug-likeness (QED) is 0.776. The zero-order valence-corrected chi connectivity index (χ0v) is 12.0. The molecule has 1 unspecified atom stereocenters. The number of hydrogen-bond donors (Lipinski definition) is 1. The van der Waals surface area contributed by atoms with Crippen molar-refractivity contribution in [2.45, 2.75) is 45.3 Å². The van der Waals surface area contributed by atoms with E-state index >= 15 is 0 Å². The summed E-state index contributed by atoms with van der Waals surface area (Å²) >= 11 is 3.47. The van der Waals surface area contributed by atoms with Gasteiger partial charge < -0.3 is 5.32 Å². The Morgan fingerprint density at radius 2 is 2.00 bits per heavy atom. The second kappa shape index (κ2) is 6.45. The largest absolute Gasteiger partial charge is 0.389 e. The lowest BCUT2D eigenvalue weighted by molar-refractivity contribution is -0.135. The molecule has 102 valence electrons. The molecule has 1 aromatic carbocycles. The number of anilines is 1. The number of alkyl halides is 3. The number of hydrogen-bond acceptors (Lipinski definition) is 1. The van der Waals surface area contributed by atoms with E-state index in [1.54, 1.807) is 0 Å². The lowest BCUT2D eigenvalue weighted by atomic mass is 10.1. The van der Waals surface area contributed by atoms with Crippen LogP contribution in [0.15, 0.2) is 22.7 Å². The van der Waals surface area contributed by atoms with Crippen molar-refractivity contribution in [2.24, 2.45) is 0 Å². The topological polar surface area (TPSA) is 12.0 Å². The molecule has 0 fully saturated rings. The molecule has 0 aliphatic carbocycles. The van der Waals surface area contributed by atoms with Crippen LogP contribution in [-0.2, 0) is 0 Å². The van der Waals surface area contributed by atoms with Crippen molar-refractivity contribution >= 4 is 21.6 Å². The Labute approximate surface area is 114 Å². The van der Waals surface area contributed by atoms with Crippen LogP contribution in [0.25, 0.3) is 0 Å². The Bertz CT molecular complexity index is 390. The average molecular weight is 324 g/mol. The number of aryl methyl sites for hydroxylation is 1. The van der Waals surface area contributed by atoms with Crippen molar-refractivity contribution in [2.75, 3.05) is 5.32 Å². The van der Waals surface area contributed by atoms with E-state index in [2.05, 4.69) is 21.2 Å². The third-order valence-electron chi connectivity index (χ3n) is 2.69. The molecule has 0 saturated heterocycles. The fraction of sp³-hybridized carbons (Fsp3) is 0.538. The first-order valence-corrected chi connectivity index (χ1v) is 6.67. The normalized spacial score (nSPS) is 13.4. The van der Waals surface area contributed by atoms with Gasteiger partial charge in [0.1, 0.15) is 0 Å². The fourth-order valence-electron chi connectivity index (χ4n) is 1.71. The third-order valence-corrected chi connectivity index (χ3v) is 3.74. The highest BCUT2D eigenvalue weighted by Gasteiger charge is 2.26. The Balaban J connectivity index is 2.45. The Morgan fingerprint density at radius 3 is 2.61 bits per heavy atom. The molecule has 0 aliphatic heterocycles. The molecule has 18 heavy (non-hydrogen) atoms. The van der Waals surface area contributed by atoms with Crippen LogP contribution in [0.4, 0.5) is 18.9 Å². The van der Waals surface area contributed by atoms with Gasteiger partial charge in [0.2, 0.25) is 0 Å². The zero-order chi connectivity index (χ0) is 13.8. The smallest absolute Gasteiger partial charge is 0.382 e. The van der Waals surface area contributed by atoms with Crippen molar-refractivity contribution < 1.29 is 13.2 Å². The molecule has 0 bridgehead atoms. The Morgan fingerprint density at radius 1 is 1.33 bits per heavy atom. The maximum atomic E-state index is 12.0. The molecule has 0 aliphatic rings. The monoisotopic (exact) mass is 323 g/mol. The molecule has 1 atom stereocenters. The van der Waals surface area contributed by atoms with E-state index in [9.17, 15) is 13.2 Å². The summed E-state index contributed by atoms with van der Waals surface area (Å²) in [4.78, 5) is 0. The zero-order valence-electron chi connectivity index (χ0n) is 10.4. The van der Waals surface area contributed by atoms with Crippen molar-refractivity contribution in [3.05, 3.63) is 28.2 Å². The van der Waals surface area contributed by atoms with Crippen LogP contribution >= 0.6 is 15.9 Å². The average Bonchev–Trinajstić information content (AvgIpc) is 2.23. The lowest BCUT2D eigenvalue weighted by Gasteiger charge is -2.17. The molecule has 1 nitrogen and oxygen atoms in total. The molecule has 5 heteroatoms. The van der Waals surface area contributed by atoms with E-state index in [-0.39, 0.29) is 12.5 Å². The molecule has 1 N–H and O–H groups in total. The first-order chi connectivity index (χ1) is 8.29. The van der Waals surface area contributed by atoms with E-state index in [1.807, 2.05) is 32.0 Å². The first kappa shape index (κ1) is 15.3. The fourth-order valence-corrected chi connectivity index (χ4v) is 2.08. The maximum absolute atomic E-state index is 12.0. The summed E-state index contributed by atoms with van der Waals surface area (Å²) in [5.41, 5.74) is 2.03. The minimum atomic E-state index is -4.05. The van der Waals surface area contributed by atoms with Gasteiger partial charge in [-0.25, -0.2) is 0 Å². The van der Waals surface area contributed by atoms with Gasteiger partial charge in [-0.05, 0) is 54.2 Å². The lowest BCUT2D eigenvalue weighted by Crippen LogP contribution is -2.17. The van der Waals surface area contributed by atoms with Crippen molar-refractivity contribution in [1.29, 1.82) is 0 Å². The minimum absolute atomic E-state index is 0.0189. The van der Waals surface area contributed by atoms with Gasteiger partial charge in [-0.3, -0.25) is 0 Å². The standard InChI is InChI=1S/C13H17BrF3N/c1-9-5-3-7-11(12(9)14)18-10(2)6-4-8-13(15,16)17/h3,5,7,10,18H,4,6,8H2,1-2H3. The van der Waals surface area contributed by atoms with Gasteiger partial charge in [-0.2, -0.15) is 13.2 Å². The number of halogens is 4. The molecule has 0 saturated carbocycles. The molecule has 0 radical (unpaired) electrons. The molecular weight excluding hydrogens is 307 g/mol. The van der Waals surface area contributed by atoms with E-state index in [0.717, 1.165) is 15.7 Å². The van der Waals surface area contributed by atoms with Crippen molar-refractivity contribution in [3.63, 3.8) is 0 Å². The summed E-state index contributed by atoms with van der Waals surface area (Å²) in [6.07, 6.45) is -4.11. The SMILES string of the molecule is Cc1cccc(NC(C)CCCC(F)(F)F)c1Br. The van der Waals surface area contributed by atoms with E-state index in [0.29, 0.717) is 6.42 Å². The van der Waals surface area contributed by atoms with E-state index < -0.39 is 12.6 Å². The number of rotatable bonds is 5. The second-order valence-electron chi connectivity index (χ2n) is 4.49. The van der Waals surface area contributed by atoms with Gasteiger partial charge in [0.25, 0.3) is 0 Å². The van der Waals surface area contributed by atoms with Crippen molar-refractivity contribution in [1.82, 2.24) is 0 Å². The summed E-state index contributed by atoms with van der Waals surface area (Å²) in [6, 6.07) is 5.83. The summed E-state index contributed by atoms with van der Waals surface area (Å²) in [5, 5.41) is 3.22. The second-order valence-corrected chi connectivity index (χ2v) is 5.28. The first-order valence-electron chi connectivity index (χ1n) is 5.88. The molecule has 1 aromatic rings. The number of nitrogens with one attached hydrogen (secondary N) is 1. The molecule has 1 rings (SSSR count). The van der Waals surface area contributed by atoms with Crippen LogP contribution in [-0.4, -0.2) is 12.2 Å². The van der Waals surface area contributed by atoms with Gasteiger partial charge in [0.05, 0.1) is 0 Å². The Hall–Kier alpha value is -0.710. The van der Waals surface area contributed by atoms with E-state index in [4.69, 9.17) is 0 Å². The summed E-state index contributed by atoms with van der Waals surface area (Å²) in [5.74, 6) is 0. The Kier molecular flexibility index (Phi) is 5.50. The summed E-state index contributed by atoms with van der Waals surface area (Å²) in [7, 11) is 0. The van der Waals surface area contributed by atoms with Gasteiger partial charge in [-0.1, -0.05) is 12.1 Å². The van der Waals surface area contributed by atoms with Gasteiger partial charge in [-0.15, -0.1) is 0 Å². The van der Waals surface area contributed by atoms with Crippen LogP contribution in [0.3, 0.4) is 0 Å². The van der Waals surface area contributed by atoms with Crippen LogP contribution in [0, 0.1) is 6.92 Å². The van der Waals surface area contributed by atoms with Crippen LogP contribution in [0.2, 0.25) is 0 Å². The third kappa shape index (κ3) is 5.29. The molecule has 0 heterocycles. The van der Waals surface area contributed by atoms with Gasteiger partial charge in [0.15, 0.2) is 0 Å². The number of benzene rings is 1. The highest BCUT2D eigenvalue weighted by atomic mass is 79.9. The van der Waals surface area contributed by atoms with E-state index in [1.165, 1.54) is 0 Å². The van der Waals surface area contributed by atoms with Crippen LogP contribution < -0.4 is 5.32 Å². The highest BCUT2D eigenvalue weighted by molar-refractivity contribution is 9.10. The molecular formula is C13H17BrF3N. The molecule has 0 amide bonds. The molecule has 0 aromatic heterocycles. The van der Waals surface area contributed by atoms with Gasteiger partial charge >= 0.3 is 6.18 Å². The highest BCUT2D eigenvalue weighted by Crippen LogP contribution is 2.27. The van der Waals surface area contributed by atoms with Gasteiger partial charge in [0, 0.05) is 22.6 Å². The summed E-state index contributed by atoms with van der Waals surface area (Å²) in [6.45, 7) is 3.87. The summed E-state index contributed by atoms with van der Waals surface area (Å²) < 4.78 is 37.0. The predicted molar refractivity (Wildman–Crippen MR) is 71.9 cm³/mol. The van der Waals surface area contributed by atoms with Crippen LogP contribution in [0.5, 0.6) is 0 Å². The van der Waals surface area contributed by atoms with Crippen molar-refractivity contribution in [3.8, 4) is 0 Å². The predicted octanol–water partition coefficient (Wildman–Crippen LogP) is 5.29.